The molecule has 0 aromatic carbocycles. The van der Waals surface area contributed by atoms with E-state index in [0.29, 0.717) is 0 Å². The molecule has 0 heterocycles. The predicted molar refractivity (Wildman–Crippen MR) is 52.9 cm³/mol. The van der Waals surface area contributed by atoms with Crippen molar-refractivity contribution < 1.29 is 44.6 Å². The average Bonchev–Trinajstić information content (AvgIpc) is 2.65. The molecule has 0 aromatic rings. The van der Waals surface area contributed by atoms with Gasteiger partial charge in [-0.2, -0.15) is 0 Å². The molecule has 2 rings (SSSR count). The van der Waals surface area contributed by atoms with E-state index in [1.54, 1.807) is 18.7 Å². The molecule has 15 heavy (non-hydrogen) atoms. The topological polar surface area (TPSA) is 0 Å². The summed E-state index contributed by atoms with van der Waals surface area (Å²) in [5.74, 6) is 0. The maximum absolute atomic E-state index is 2.30. The quantitative estimate of drug-likeness (QED) is 0.495. The molecule has 2 aliphatic rings. The average molecular weight is 322 g/mol. The fourth-order valence-electron chi connectivity index (χ4n) is 1.64. The molecule has 0 unspecified atom stereocenters. The van der Waals surface area contributed by atoms with E-state index < -0.39 is 0 Å². The van der Waals surface area contributed by atoms with Crippen LogP contribution in [0, 0.1) is 0 Å². The van der Waals surface area contributed by atoms with E-state index in [2.05, 4.69) is 38.2 Å². The van der Waals surface area contributed by atoms with E-state index >= 15 is 0 Å². The Hall–Kier alpha value is 0.280. The molecule has 0 amide bonds. The summed E-state index contributed by atoms with van der Waals surface area (Å²) in [4.78, 5) is 0. The van der Waals surface area contributed by atoms with Crippen LogP contribution in [0.1, 0.15) is 26.7 Å². The number of hydrogen-bond donors (Lipinski definition) is 0. The maximum Gasteiger partial charge on any atom is -1.00 e. The van der Waals surface area contributed by atoms with Gasteiger partial charge in [0.15, 0.2) is 0 Å². The van der Waals surface area contributed by atoms with Gasteiger partial charge < -0.3 is 24.8 Å². The van der Waals surface area contributed by atoms with Crippen molar-refractivity contribution in [1.82, 2.24) is 0 Å². The third-order valence-electron chi connectivity index (χ3n) is 2.54. The minimum absolute atomic E-state index is 0. The largest absolute Gasteiger partial charge is 1.00 e. The maximum atomic E-state index is 2.30. The molecule has 0 saturated carbocycles. The van der Waals surface area contributed by atoms with Gasteiger partial charge in [-0.3, -0.25) is 0 Å². The van der Waals surface area contributed by atoms with Crippen LogP contribution in [0.15, 0.2) is 43.0 Å². The van der Waals surface area contributed by atoms with Crippen LogP contribution in [-0.4, -0.2) is 0 Å². The van der Waals surface area contributed by atoms with Gasteiger partial charge in [0.1, 0.15) is 0 Å². The molecule has 0 aromatic heterocycles. The van der Waals surface area contributed by atoms with Gasteiger partial charge >= 0.3 is 89.5 Å². The van der Waals surface area contributed by atoms with Gasteiger partial charge in [0.25, 0.3) is 0 Å². The third kappa shape index (κ3) is 3.65. The number of allylic oxidation sites excluding steroid dienone is 8. The van der Waals surface area contributed by atoms with Crippen molar-refractivity contribution in [3.8, 4) is 0 Å². The molecule has 0 radical (unpaired) electrons. The van der Waals surface area contributed by atoms with Crippen LogP contribution in [0.3, 0.4) is 0 Å². The van der Waals surface area contributed by atoms with Gasteiger partial charge in [-0.05, 0) is 0 Å². The Morgan fingerprint density at radius 2 is 1.27 bits per heavy atom. The molecule has 0 saturated heterocycles. The van der Waals surface area contributed by atoms with Crippen molar-refractivity contribution in [2.75, 3.05) is 0 Å². The van der Waals surface area contributed by atoms with Crippen molar-refractivity contribution in [1.29, 1.82) is 0 Å². The molecule has 81 valence electrons. The van der Waals surface area contributed by atoms with Crippen LogP contribution in [0.2, 0.25) is 0 Å². The standard InChI is InChI=1S/2C6H7.2ClH.Nb/c2*1-6-4-2-3-5-6;;;/h2*2,4H,3H2,1H3;2*1H;/q;;;;+2/p-2. The molecule has 0 aliphatic heterocycles. The molecule has 3 heteroatoms. The van der Waals surface area contributed by atoms with E-state index in [0.717, 1.165) is 0 Å². The van der Waals surface area contributed by atoms with Crippen LogP contribution in [0.5, 0.6) is 0 Å². The van der Waals surface area contributed by atoms with E-state index in [1.165, 1.54) is 12.8 Å². The normalized spacial score (nSPS) is 17.7. The summed E-state index contributed by atoms with van der Waals surface area (Å²) in [7, 11) is 0. The van der Waals surface area contributed by atoms with Crippen LogP contribution >= 0.6 is 0 Å². The van der Waals surface area contributed by atoms with Gasteiger partial charge in [0.05, 0.1) is 0 Å². The summed E-state index contributed by atoms with van der Waals surface area (Å²) in [6.07, 6.45) is 11.6. The predicted octanol–water partition coefficient (Wildman–Crippen LogP) is -2.46. The second kappa shape index (κ2) is 6.78. The van der Waals surface area contributed by atoms with Crippen molar-refractivity contribution in [2.45, 2.75) is 26.7 Å². The molecular formula is C12H14Cl2Nb. The Morgan fingerprint density at radius 3 is 1.53 bits per heavy atom. The Kier molecular flexibility index (Phi) is 6.90. The zero-order valence-corrected chi connectivity index (χ0v) is 12.6. The van der Waals surface area contributed by atoms with Crippen LogP contribution in [-0.2, 0) is 19.8 Å². The zero-order valence-electron chi connectivity index (χ0n) is 8.93. The smallest absolute Gasteiger partial charge is 1.00 e. The number of halogens is 2. The van der Waals surface area contributed by atoms with Gasteiger partial charge in [-0.25, -0.2) is 0 Å². The van der Waals surface area contributed by atoms with Gasteiger partial charge in [-0.15, -0.1) is 0 Å². The van der Waals surface area contributed by atoms with Crippen molar-refractivity contribution in [2.24, 2.45) is 0 Å². The van der Waals surface area contributed by atoms with Crippen LogP contribution < -0.4 is 24.8 Å². The summed E-state index contributed by atoms with van der Waals surface area (Å²) in [5.41, 5.74) is 3.09. The fraction of sp³-hybridized carbons (Fsp3) is 0.333. The first-order valence-electron chi connectivity index (χ1n) is 4.71. The summed E-state index contributed by atoms with van der Waals surface area (Å²) in [6, 6.07) is 0. The SMILES string of the molecule is CC1=[C]([Nb+2][C]2=C(C)C=CC2)CC=C1.[Cl-].[Cl-]. The molecule has 2 aliphatic carbocycles. The summed E-state index contributed by atoms with van der Waals surface area (Å²) < 4.78 is 3.52. The fourth-order valence-corrected chi connectivity index (χ4v) is 4.64. The Balaban J connectivity index is 0.000000980. The molecule has 0 bridgehead atoms. The van der Waals surface area contributed by atoms with Crippen molar-refractivity contribution >= 4 is 0 Å². The third-order valence-corrected chi connectivity index (χ3v) is 6.50. The van der Waals surface area contributed by atoms with Crippen molar-refractivity contribution in [3.63, 3.8) is 0 Å². The summed E-state index contributed by atoms with van der Waals surface area (Å²) in [5, 5.41) is 0. The molecule has 0 nitrogen and oxygen atoms in total. The van der Waals surface area contributed by atoms with Crippen LogP contribution in [0.25, 0.3) is 0 Å². The minimum atomic E-state index is -0.200. The zero-order chi connectivity index (χ0) is 9.26. The minimum Gasteiger partial charge on any atom is -1.00 e. The monoisotopic (exact) mass is 321 g/mol. The Morgan fingerprint density at radius 1 is 0.867 bits per heavy atom. The molecule has 0 fully saturated rings. The first kappa shape index (κ1) is 15.3. The van der Waals surface area contributed by atoms with Crippen molar-refractivity contribution in [3.05, 3.63) is 43.0 Å². The van der Waals surface area contributed by atoms with Gasteiger partial charge in [0.2, 0.25) is 0 Å². The molecule has 0 spiro atoms. The molecular weight excluding hydrogens is 308 g/mol. The summed E-state index contributed by atoms with van der Waals surface area (Å²) in [6.45, 7) is 4.51. The van der Waals surface area contributed by atoms with Crippen LogP contribution in [0.4, 0.5) is 0 Å². The first-order valence-corrected chi connectivity index (χ1v) is 6.91. The Labute approximate surface area is 114 Å². The number of rotatable bonds is 2. The van der Waals surface area contributed by atoms with E-state index in [1.807, 2.05) is 0 Å². The molecule has 0 atom stereocenters. The first-order chi connectivity index (χ1) is 6.27. The van der Waals surface area contributed by atoms with E-state index in [4.69, 9.17) is 0 Å². The summed E-state index contributed by atoms with van der Waals surface area (Å²) >= 11 is -0.200. The second-order valence-electron chi connectivity index (χ2n) is 3.58. The second-order valence-corrected chi connectivity index (χ2v) is 6.79. The van der Waals surface area contributed by atoms with Gasteiger partial charge in [0, 0.05) is 0 Å². The molecule has 0 N–H and O–H groups in total. The van der Waals surface area contributed by atoms with E-state index in [-0.39, 0.29) is 44.6 Å². The number of hydrogen-bond acceptors (Lipinski definition) is 0. The van der Waals surface area contributed by atoms with Gasteiger partial charge in [-0.1, -0.05) is 0 Å². The Bertz CT molecular complexity index is 315. The van der Waals surface area contributed by atoms with E-state index in [9.17, 15) is 0 Å².